The fourth-order valence-corrected chi connectivity index (χ4v) is 1.76. The van der Waals surface area contributed by atoms with E-state index >= 15 is 0 Å². The van der Waals surface area contributed by atoms with E-state index in [0.717, 1.165) is 25.2 Å². The van der Waals surface area contributed by atoms with Gasteiger partial charge in [-0.25, -0.2) is 0 Å². The lowest BCUT2D eigenvalue weighted by Gasteiger charge is -2.31. The number of carbonyl (C=O) groups is 1. The molecule has 76 valence electrons. The zero-order valence-electron chi connectivity index (χ0n) is 8.29. The Morgan fingerprint density at radius 1 is 1.64 bits per heavy atom. The fourth-order valence-electron chi connectivity index (χ4n) is 1.76. The van der Waals surface area contributed by atoms with Gasteiger partial charge in [-0.2, -0.15) is 0 Å². The second-order valence-corrected chi connectivity index (χ2v) is 3.71. The minimum Gasteiger partial charge on any atom is -0.367 e. The highest BCUT2D eigenvalue weighted by atomic mass is 16.2. The van der Waals surface area contributed by atoms with Gasteiger partial charge in [0.15, 0.2) is 0 Å². The van der Waals surface area contributed by atoms with Crippen molar-refractivity contribution in [3.8, 4) is 0 Å². The third-order valence-corrected chi connectivity index (χ3v) is 2.50. The fraction of sp³-hybridized carbons (Fsp3) is 0.500. The van der Waals surface area contributed by atoms with Gasteiger partial charge in [0.2, 0.25) is 0 Å². The van der Waals surface area contributed by atoms with Crippen LogP contribution in [0.3, 0.4) is 0 Å². The van der Waals surface area contributed by atoms with Crippen LogP contribution in [0.25, 0.3) is 0 Å². The smallest absolute Gasteiger partial charge is 0.255 e. The van der Waals surface area contributed by atoms with Crippen LogP contribution >= 0.6 is 0 Å². The number of piperazine rings is 1. The average molecular weight is 193 g/mol. The van der Waals surface area contributed by atoms with Crippen molar-refractivity contribution in [1.29, 1.82) is 0 Å². The van der Waals surface area contributed by atoms with Crippen LogP contribution in [0.15, 0.2) is 18.5 Å². The molecule has 1 aromatic rings. The van der Waals surface area contributed by atoms with E-state index in [4.69, 9.17) is 0 Å². The number of hydrogen-bond acceptors (Lipinski definition) is 2. The quantitative estimate of drug-likeness (QED) is 0.680. The monoisotopic (exact) mass is 193 g/mol. The Hall–Kier alpha value is -1.29. The highest BCUT2D eigenvalue weighted by Crippen LogP contribution is 2.06. The first-order valence-corrected chi connectivity index (χ1v) is 4.93. The van der Waals surface area contributed by atoms with E-state index in [1.807, 2.05) is 11.0 Å². The number of carbonyl (C=O) groups excluding carboxylic acids is 1. The maximum atomic E-state index is 11.9. The lowest BCUT2D eigenvalue weighted by molar-refractivity contribution is 0.0709. The Kier molecular flexibility index (Phi) is 2.54. The summed E-state index contributed by atoms with van der Waals surface area (Å²) in [5.74, 6) is 0.125. The van der Waals surface area contributed by atoms with Gasteiger partial charge in [0.05, 0.1) is 5.56 Å². The van der Waals surface area contributed by atoms with Gasteiger partial charge < -0.3 is 15.2 Å². The van der Waals surface area contributed by atoms with Gasteiger partial charge in [-0.05, 0) is 13.0 Å². The molecule has 0 spiro atoms. The van der Waals surface area contributed by atoms with Crippen molar-refractivity contribution in [3.05, 3.63) is 24.0 Å². The number of aromatic amines is 1. The summed E-state index contributed by atoms with van der Waals surface area (Å²) in [7, 11) is 0. The van der Waals surface area contributed by atoms with E-state index in [-0.39, 0.29) is 5.91 Å². The van der Waals surface area contributed by atoms with Crippen LogP contribution in [0, 0.1) is 0 Å². The van der Waals surface area contributed by atoms with Crippen molar-refractivity contribution >= 4 is 5.91 Å². The minimum atomic E-state index is 0.125. The van der Waals surface area contributed by atoms with Crippen molar-refractivity contribution in [3.63, 3.8) is 0 Å². The van der Waals surface area contributed by atoms with Gasteiger partial charge >= 0.3 is 0 Å². The molecular weight excluding hydrogens is 178 g/mol. The predicted molar refractivity (Wildman–Crippen MR) is 54.2 cm³/mol. The number of H-pyrrole nitrogens is 1. The van der Waals surface area contributed by atoms with Crippen LogP contribution in [0.5, 0.6) is 0 Å². The summed E-state index contributed by atoms with van der Waals surface area (Å²) < 4.78 is 0. The van der Waals surface area contributed by atoms with E-state index in [1.54, 1.807) is 12.4 Å². The molecule has 0 aromatic carbocycles. The zero-order valence-corrected chi connectivity index (χ0v) is 8.29. The molecule has 0 saturated carbocycles. The van der Waals surface area contributed by atoms with Crippen molar-refractivity contribution < 1.29 is 4.79 Å². The van der Waals surface area contributed by atoms with E-state index < -0.39 is 0 Å². The molecule has 0 aliphatic carbocycles. The molecule has 4 nitrogen and oxygen atoms in total. The Morgan fingerprint density at radius 2 is 2.50 bits per heavy atom. The summed E-state index contributed by atoms with van der Waals surface area (Å²) in [4.78, 5) is 16.7. The first kappa shape index (κ1) is 9.27. The first-order valence-electron chi connectivity index (χ1n) is 4.93. The first-order chi connectivity index (χ1) is 6.77. The van der Waals surface area contributed by atoms with Gasteiger partial charge in [-0.3, -0.25) is 4.79 Å². The zero-order chi connectivity index (χ0) is 9.97. The summed E-state index contributed by atoms with van der Waals surface area (Å²) in [5.41, 5.74) is 0.749. The van der Waals surface area contributed by atoms with Crippen molar-refractivity contribution in [2.75, 3.05) is 19.6 Å². The predicted octanol–water partition coefficient (Wildman–Crippen LogP) is 0.449. The summed E-state index contributed by atoms with van der Waals surface area (Å²) >= 11 is 0. The molecule has 1 amide bonds. The van der Waals surface area contributed by atoms with E-state index in [2.05, 4.69) is 17.2 Å². The second-order valence-electron chi connectivity index (χ2n) is 3.71. The normalized spacial score (nSPS) is 22.4. The van der Waals surface area contributed by atoms with Crippen LogP contribution < -0.4 is 5.32 Å². The maximum absolute atomic E-state index is 11.9. The van der Waals surface area contributed by atoms with Crippen LogP contribution in [0.1, 0.15) is 17.3 Å². The van der Waals surface area contributed by atoms with Crippen molar-refractivity contribution in [2.45, 2.75) is 13.0 Å². The largest absolute Gasteiger partial charge is 0.367 e. The molecular formula is C10H15N3O. The van der Waals surface area contributed by atoms with E-state index in [9.17, 15) is 4.79 Å². The van der Waals surface area contributed by atoms with Crippen molar-refractivity contribution in [1.82, 2.24) is 15.2 Å². The number of aromatic nitrogens is 1. The molecule has 1 aromatic heterocycles. The Balaban J connectivity index is 2.04. The van der Waals surface area contributed by atoms with Gasteiger partial charge in [0.1, 0.15) is 0 Å². The number of nitrogens with zero attached hydrogens (tertiary/aromatic N) is 1. The second kappa shape index (κ2) is 3.84. The molecule has 1 unspecified atom stereocenters. The lowest BCUT2D eigenvalue weighted by atomic mass is 10.2. The van der Waals surface area contributed by atoms with Crippen molar-refractivity contribution in [2.24, 2.45) is 0 Å². The highest BCUT2D eigenvalue weighted by Gasteiger charge is 2.21. The molecule has 2 N–H and O–H groups in total. The number of nitrogens with one attached hydrogen (secondary N) is 2. The molecule has 14 heavy (non-hydrogen) atoms. The Morgan fingerprint density at radius 3 is 3.14 bits per heavy atom. The number of amides is 1. The Labute approximate surface area is 83.3 Å². The molecule has 2 heterocycles. The highest BCUT2D eigenvalue weighted by molar-refractivity contribution is 5.94. The van der Waals surface area contributed by atoms with Gasteiger partial charge in [-0.1, -0.05) is 0 Å². The number of hydrogen-bond donors (Lipinski definition) is 2. The molecule has 4 heteroatoms. The van der Waals surface area contributed by atoms with Crippen LogP contribution in [0.4, 0.5) is 0 Å². The van der Waals surface area contributed by atoms with Crippen LogP contribution in [-0.4, -0.2) is 41.5 Å². The molecule has 0 radical (unpaired) electrons. The topological polar surface area (TPSA) is 48.1 Å². The summed E-state index contributed by atoms with van der Waals surface area (Å²) in [6.45, 7) is 4.58. The van der Waals surface area contributed by atoms with Gasteiger partial charge in [0, 0.05) is 38.1 Å². The molecule has 1 aliphatic heterocycles. The van der Waals surface area contributed by atoms with E-state index in [1.165, 1.54) is 0 Å². The SMILES string of the molecule is CC1CN(C(=O)c2cc[nH]c2)CCN1. The van der Waals surface area contributed by atoms with Crippen LogP contribution in [0.2, 0.25) is 0 Å². The van der Waals surface area contributed by atoms with Gasteiger partial charge in [-0.15, -0.1) is 0 Å². The lowest BCUT2D eigenvalue weighted by Crippen LogP contribution is -2.51. The molecule has 1 saturated heterocycles. The van der Waals surface area contributed by atoms with Gasteiger partial charge in [0.25, 0.3) is 5.91 Å². The number of rotatable bonds is 1. The standard InChI is InChI=1S/C10H15N3O/c1-8-7-13(5-4-12-8)10(14)9-2-3-11-6-9/h2-3,6,8,11-12H,4-5,7H2,1H3. The summed E-state index contributed by atoms with van der Waals surface area (Å²) in [5, 5.41) is 3.31. The molecule has 1 atom stereocenters. The molecule has 1 aliphatic rings. The average Bonchev–Trinajstić information content (AvgIpc) is 2.69. The summed E-state index contributed by atoms with van der Waals surface area (Å²) in [6, 6.07) is 2.21. The summed E-state index contributed by atoms with van der Waals surface area (Å²) in [6.07, 6.45) is 3.52. The molecule has 1 fully saturated rings. The molecule has 0 bridgehead atoms. The third kappa shape index (κ3) is 1.80. The Bertz CT molecular complexity index is 307. The molecule has 2 rings (SSSR count). The maximum Gasteiger partial charge on any atom is 0.255 e. The minimum absolute atomic E-state index is 0.125. The van der Waals surface area contributed by atoms with E-state index in [0.29, 0.717) is 6.04 Å². The third-order valence-electron chi connectivity index (χ3n) is 2.50. The van der Waals surface area contributed by atoms with Crippen LogP contribution in [-0.2, 0) is 0 Å².